The summed E-state index contributed by atoms with van der Waals surface area (Å²) in [5, 5.41) is 8.87. The molecule has 0 fully saturated rings. The van der Waals surface area contributed by atoms with Crippen molar-refractivity contribution < 1.29 is 42.7 Å². The molecule has 0 bridgehead atoms. The van der Waals surface area contributed by atoms with Gasteiger partial charge in [-0.15, -0.1) is 0 Å². The van der Waals surface area contributed by atoms with Crippen molar-refractivity contribution in [2.75, 3.05) is 26.4 Å². The van der Waals surface area contributed by atoms with Crippen LogP contribution >= 0.6 is 7.82 Å². The van der Waals surface area contributed by atoms with Gasteiger partial charge in [0.1, 0.15) is 12.1 Å². The average Bonchev–Trinajstić information content (AvgIpc) is 3.12. The number of carboxylic acid groups (broad SMARTS) is 1. The lowest BCUT2D eigenvalue weighted by molar-refractivity contribution is -0.154. The Labute approximate surface area is 316 Å². The van der Waals surface area contributed by atoms with E-state index in [-0.39, 0.29) is 13.0 Å². The molecule has 0 amide bonds. The first-order valence-corrected chi connectivity index (χ1v) is 21.7. The number of rotatable bonds is 38. The van der Waals surface area contributed by atoms with Gasteiger partial charge in [-0.2, -0.15) is 0 Å². The highest BCUT2D eigenvalue weighted by Crippen LogP contribution is 2.43. The van der Waals surface area contributed by atoms with Crippen molar-refractivity contribution in [1.29, 1.82) is 0 Å². The molecule has 10 nitrogen and oxygen atoms in total. The van der Waals surface area contributed by atoms with Crippen LogP contribution in [0.1, 0.15) is 162 Å². The van der Waals surface area contributed by atoms with Gasteiger partial charge in [0.25, 0.3) is 0 Å². The van der Waals surface area contributed by atoms with E-state index in [1.807, 2.05) is 0 Å². The van der Waals surface area contributed by atoms with Crippen molar-refractivity contribution in [3.8, 4) is 0 Å². The number of ether oxygens (including phenoxy) is 2. The molecule has 0 saturated carbocycles. The summed E-state index contributed by atoms with van der Waals surface area (Å²) in [6, 6.07) is -1.47. The van der Waals surface area contributed by atoms with Crippen LogP contribution in [0.4, 0.5) is 0 Å². The largest absolute Gasteiger partial charge is 0.480 e. The number of unbranched alkanes of at least 4 members (excludes halogenated alkanes) is 16. The second kappa shape index (κ2) is 37.3. The lowest BCUT2D eigenvalue weighted by atomic mass is 10.1. The predicted molar refractivity (Wildman–Crippen MR) is 212 cm³/mol. The van der Waals surface area contributed by atoms with E-state index in [0.717, 1.165) is 83.5 Å². The van der Waals surface area contributed by atoms with Crippen molar-refractivity contribution >= 4 is 19.8 Å². The Morgan fingerprint density at radius 2 is 1.12 bits per heavy atom. The number of allylic oxidation sites excluding steroid dienone is 8. The van der Waals surface area contributed by atoms with Gasteiger partial charge in [-0.1, -0.05) is 152 Å². The molecule has 0 radical (unpaired) electrons. The van der Waals surface area contributed by atoms with Crippen molar-refractivity contribution in [1.82, 2.24) is 0 Å². The molecule has 0 aliphatic rings. The van der Waals surface area contributed by atoms with Crippen LogP contribution in [0.3, 0.4) is 0 Å². The minimum atomic E-state index is -4.61. The lowest BCUT2D eigenvalue weighted by Gasteiger charge is -2.20. The first kappa shape index (κ1) is 49.9. The number of phosphoric ester groups is 1. The molecule has 0 rings (SSSR count). The van der Waals surface area contributed by atoms with E-state index >= 15 is 0 Å². The summed E-state index contributed by atoms with van der Waals surface area (Å²) in [7, 11) is -4.61. The fourth-order valence-electron chi connectivity index (χ4n) is 5.24. The van der Waals surface area contributed by atoms with Crippen LogP contribution in [0.15, 0.2) is 48.6 Å². The number of aliphatic carboxylic acids is 1. The number of carboxylic acids is 1. The molecule has 0 saturated heterocycles. The highest BCUT2D eigenvalue weighted by Gasteiger charge is 2.27. The van der Waals surface area contributed by atoms with Gasteiger partial charge in [0.15, 0.2) is 0 Å². The van der Waals surface area contributed by atoms with Gasteiger partial charge in [-0.25, -0.2) is 4.57 Å². The van der Waals surface area contributed by atoms with Crippen molar-refractivity contribution in [2.24, 2.45) is 5.73 Å². The van der Waals surface area contributed by atoms with E-state index in [4.69, 9.17) is 29.4 Å². The molecule has 0 aromatic heterocycles. The zero-order valence-corrected chi connectivity index (χ0v) is 33.5. The topological polar surface area (TPSA) is 155 Å². The molecule has 0 aromatic carbocycles. The van der Waals surface area contributed by atoms with E-state index in [0.29, 0.717) is 13.0 Å². The van der Waals surface area contributed by atoms with Crippen LogP contribution in [-0.2, 0) is 32.7 Å². The molecule has 4 N–H and O–H groups in total. The quantitative estimate of drug-likeness (QED) is 0.0240. The van der Waals surface area contributed by atoms with Crippen molar-refractivity contribution in [2.45, 2.75) is 174 Å². The van der Waals surface area contributed by atoms with Gasteiger partial charge in [0.2, 0.25) is 0 Å². The Bertz CT molecular complexity index is 1010. The van der Waals surface area contributed by atoms with Crippen LogP contribution in [0.25, 0.3) is 0 Å². The first-order chi connectivity index (χ1) is 25.2. The summed E-state index contributed by atoms with van der Waals surface area (Å²) in [6.07, 6.45) is 41.6. The van der Waals surface area contributed by atoms with E-state index in [2.05, 4.69) is 62.5 Å². The third kappa shape index (κ3) is 36.3. The maximum atomic E-state index is 12.6. The molecule has 3 atom stereocenters. The maximum absolute atomic E-state index is 12.6. The van der Waals surface area contributed by atoms with Gasteiger partial charge in [-0.3, -0.25) is 18.6 Å². The summed E-state index contributed by atoms with van der Waals surface area (Å²) >= 11 is 0. The minimum Gasteiger partial charge on any atom is -0.480 e. The Hall–Kier alpha value is -2.07. The fourth-order valence-corrected chi connectivity index (χ4v) is 6.02. The third-order valence-electron chi connectivity index (χ3n) is 8.37. The van der Waals surface area contributed by atoms with Crippen LogP contribution in [-0.4, -0.2) is 60.5 Å². The van der Waals surface area contributed by atoms with Crippen molar-refractivity contribution in [3.05, 3.63) is 48.6 Å². The first-order valence-electron chi connectivity index (χ1n) is 20.2. The summed E-state index contributed by atoms with van der Waals surface area (Å²) in [4.78, 5) is 33.4. The van der Waals surface area contributed by atoms with E-state index in [1.54, 1.807) is 0 Å². The van der Waals surface area contributed by atoms with Crippen LogP contribution in [0, 0.1) is 0 Å². The molecular formula is C41H74NO9P. The lowest BCUT2D eigenvalue weighted by Crippen LogP contribution is -2.34. The maximum Gasteiger partial charge on any atom is 0.472 e. The normalized spacial score (nSPS) is 14.5. The van der Waals surface area contributed by atoms with Gasteiger partial charge >= 0.3 is 19.8 Å². The Morgan fingerprint density at radius 1 is 0.635 bits per heavy atom. The predicted octanol–water partition coefficient (Wildman–Crippen LogP) is 10.7. The molecule has 0 aliphatic carbocycles. The summed E-state index contributed by atoms with van der Waals surface area (Å²) in [5.41, 5.74) is 5.34. The highest BCUT2D eigenvalue weighted by atomic mass is 31.2. The summed E-state index contributed by atoms with van der Waals surface area (Å²) in [5.74, 6) is -1.79. The number of hydrogen-bond acceptors (Lipinski definition) is 8. The SMILES string of the molecule is CC/C=C\C/C=C\C/C=C\C/C=C\CCCCCCCCC(=O)OC(COCCCCCCCCCCCCC)COP(=O)(O)OCC(N)C(=O)O. The van der Waals surface area contributed by atoms with Crippen molar-refractivity contribution in [3.63, 3.8) is 0 Å². The molecular weight excluding hydrogens is 681 g/mol. The van der Waals surface area contributed by atoms with Gasteiger partial charge in [-0.05, 0) is 51.4 Å². The standard InChI is InChI=1S/C41H74NO9P/c1-3-5-7-9-11-13-15-16-17-18-19-20-21-22-23-25-27-29-31-33-40(43)51-38(36-49-52(46,47)50-37-39(42)41(44)45)35-48-34-32-30-28-26-24-14-12-10-8-6-4-2/h5,7,11,13,16-17,19-20,38-39H,3-4,6,8-10,12,14-15,18,21-37,42H2,1-2H3,(H,44,45)(H,46,47)/b7-5-,13-11-,17-16-,20-19-. The number of hydrogen-bond donors (Lipinski definition) is 3. The smallest absolute Gasteiger partial charge is 0.472 e. The molecule has 11 heteroatoms. The van der Waals surface area contributed by atoms with E-state index < -0.39 is 45.1 Å². The van der Waals surface area contributed by atoms with Gasteiger partial charge < -0.3 is 25.2 Å². The molecule has 52 heavy (non-hydrogen) atoms. The zero-order valence-electron chi connectivity index (χ0n) is 32.6. The Balaban J connectivity index is 4.28. The number of carbonyl (C=O) groups excluding carboxylic acids is 1. The monoisotopic (exact) mass is 756 g/mol. The zero-order chi connectivity index (χ0) is 38.4. The molecule has 0 aromatic rings. The van der Waals surface area contributed by atoms with Gasteiger partial charge in [0.05, 0.1) is 19.8 Å². The van der Waals surface area contributed by atoms with E-state index in [1.165, 1.54) is 51.4 Å². The average molecular weight is 756 g/mol. The van der Waals surface area contributed by atoms with Crippen LogP contribution in [0.2, 0.25) is 0 Å². The Morgan fingerprint density at radius 3 is 1.67 bits per heavy atom. The molecule has 0 aliphatic heterocycles. The fraction of sp³-hybridized carbons (Fsp3) is 0.756. The van der Waals surface area contributed by atoms with Gasteiger partial charge in [0, 0.05) is 13.0 Å². The van der Waals surface area contributed by atoms with E-state index in [9.17, 15) is 19.0 Å². The second-order valence-corrected chi connectivity index (χ2v) is 14.8. The molecule has 0 heterocycles. The molecule has 0 spiro atoms. The molecule has 3 unspecified atom stereocenters. The van der Waals surface area contributed by atoms with Crippen LogP contribution < -0.4 is 5.73 Å². The molecule has 302 valence electrons. The summed E-state index contributed by atoms with van der Waals surface area (Å²) < 4.78 is 33.2. The Kier molecular flexibility index (Phi) is 35.8. The number of nitrogens with two attached hydrogens (primary N) is 1. The number of esters is 1. The highest BCUT2D eigenvalue weighted by molar-refractivity contribution is 7.47. The van der Waals surface area contributed by atoms with Crippen LogP contribution in [0.5, 0.6) is 0 Å². The second-order valence-electron chi connectivity index (χ2n) is 13.4. The number of phosphoric acid groups is 1. The number of carbonyl (C=O) groups is 2. The minimum absolute atomic E-state index is 0.0113. The third-order valence-corrected chi connectivity index (χ3v) is 9.32. The summed E-state index contributed by atoms with van der Waals surface area (Å²) in [6.45, 7) is 3.73.